The second kappa shape index (κ2) is 4.70. The molecule has 2 rings (SSSR count). The Kier molecular flexibility index (Phi) is 3.55. The monoisotopic (exact) mass is 245 g/mol. The number of rotatable bonds is 2. The van der Waals surface area contributed by atoms with E-state index >= 15 is 0 Å². The van der Waals surface area contributed by atoms with Crippen LogP contribution in [0.4, 0.5) is 0 Å². The molecule has 0 bridgehead atoms. The molecule has 1 unspecified atom stereocenters. The molecule has 1 nitrogen and oxygen atoms in total. The zero-order valence-electron chi connectivity index (χ0n) is 12.7. The standard InChI is InChI=1S/C17H27N/c1-7-18-11-13-9-8-10-14(17(4,5)6)15(13)16(18)12(2)3/h8-10,12,16H,7,11H2,1-6H3. The van der Waals surface area contributed by atoms with E-state index in [0.717, 1.165) is 13.1 Å². The summed E-state index contributed by atoms with van der Waals surface area (Å²) >= 11 is 0. The molecule has 100 valence electrons. The van der Waals surface area contributed by atoms with Crippen molar-refractivity contribution in [2.24, 2.45) is 5.92 Å². The van der Waals surface area contributed by atoms with E-state index in [9.17, 15) is 0 Å². The molecule has 1 heterocycles. The largest absolute Gasteiger partial charge is 0.292 e. The van der Waals surface area contributed by atoms with Crippen LogP contribution in [-0.4, -0.2) is 11.4 Å². The van der Waals surface area contributed by atoms with Gasteiger partial charge in [-0.2, -0.15) is 0 Å². The van der Waals surface area contributed by atoms with Crippen molar-refractivity contribution >= 4 is 0 Å². The maximum Gasteiger partial charge on any atom is 0.0380 e. The van der Waals surface area contributed by atoms with Crippen LogP contribution in [-0.2, 0) is 12.0 Å². The van der Waals surface area contributed by atoms with Gasteiger partial charge in [0.25, 0.3) is 0 Å². The Morgan fingerprint density at radius 3 is 2.44 bits per heavy atom. The lowest BCUT2D eigenvalue weighted by Gasteiger charge is -2.31. The lowest BCUT2D eigenvalue weighted by molar-refractivity contribution is 0.180. The highest BCUT2D eigenvalue weighted by atomic mass is 15.2. The van der Waals surface area contributed by atoms with Gasteiger partial charge in [-0.1, -0.05) is 59.7 Å². The van der Waals surface area contributed by atoms with Gasteiger partial charge in [-0.25, -0.2) is 0 Å². The molecule has 0 aromatic heterocycles. The van der Waals surface area contributed by atoms with E-state index in [4.69, 9.17) is 0 Å². The number of fused-ring (bicyclic) bond motifs is 1. The first-order chi connectivity index (χ1) is 8.36. The molecule has 1 heteroatoms. The Bertz CT molecular complexity index is 426. The van der Waals surface area contributed by atoms with Crippen LogP contribution in [0.25, 0.3) is 0 Å². The van der Waals surface area contributed by atoms with E-state index < -0.39 is 0 Å². The quantitative estimate of drug-likeness (QED) is 0.740. The highest BCUT2D eigenvalue weighted by molar-refractivity contribution is 5.44. The summed E-state index contributed by atoms with van der Waals surface area (Å²) in [7, 11) is 0. The molecule has 18 heavy (non-hydrogen) atoms. The molecule has 0 amide bonds. The van der Waals surface area contributed by atoms with E-state index in [1.54, 1.807) is 11.1 Å². The number of hydrogen-bond donors (Lipinski definition) is 0. The molecule has 1 aromatic carbocycles. The van der Waals surface area contributed by atoms with Crippen molar-refractivity contribution in [2.45, 2.75) is 59.5 Å². The van der Waals surface area contributed by atoms with Gasteiger partial charge in [0.1, 0.15) is 0 Å². The van der Waals surface area contributed by atoms with Gasteiger partial charge >= 0.3 is 0 Å². The first kappa shape index (κ1) is 13.6. The van der Waals surface area contributed by atoms with E-state index in [0.29, 0.717) is 12.0 Å². The fourth-order valence-corrected chi connectivity index (χ4v) is 3.32. The summed E-state index contributed by atoms with van der Waals surface area (Å²) in [6, 6.07) is 7.47. The van der Waals surface area contributed by atoms with E-state index in [-0.39, 0.29) is 5.41 Å². The maximum absolute atomic E-state index is 2.62. The number of hydrogen-bond acceptors (Lipinski definition) is 1. The predicted octanol–water partition coefficient (Wildman–Crippen LogP) is 4.52. The molecule has 0 aliphatic carbocycles. The minimum atomic E-state index is 0.238. The molecule has 0 saturated heterocycles. The molecule has 0 N–H and O–H groups in total. The van der Waals surface area contributed by atoms with Crippen molar-refractivity contribution in [2.75, 3.05) is 6.54 Å². The van der Waals surface area contributed by atoms with Crippen LogP contribution in [0.15, 0.2) is 18.2 Å². The molecule has 1 aliphatic rings. The van der Waals surface area contributed by atoms with Crippen LogP contribution in [0.5, 0.6) is 0 Å². The van der Waals surface area contributed by atoms with Gasteiger partial charge in [-0.15, -0.1) is 0 Å². The molecule has 0 saturated carbocycles. The second-order valence-corrected chi connectivity index (χ2v) is 6.88. The summed E-state index contributed by atoms with van der Waals surface area (Å²) < 4.78 is 0. The summed E-state index contributed by atoms with van der Waals surface area (Å²) in [5.41, 5.74) is 4.93. The molecule has 1 aromatic rings. The molecule has 1 atom stereocenters. The second-order valence-electron chi connectivity index (χ2n) is 6.88. The van der Waals surface area contributed by atoms with E-state index in [1.807, 2.05) is 0 Å². The Labute approximate surface area is 112 Å². The zero-order valence-corrected chi connectivity index (χ0v) is 12.7. The fourth-order valence-electron chi connectivity index (χ4n) is 3.32. The van der Waals surface area contributed by atoms with Crippen LogP contribution in [0.2, 0.25) is 0 Å². The van der Waals surface area contributed by atoms with Gasteiger partial charge in [-0.05, 0) is 34.6 Å². The van der Waals surface area contributed by atoms with Crippen molar-refractivity contribution in [1.82, 2.24) is 4.90 Å². The molecule has 0 radical (unpaired) electrons. The van der Waals surface area contributed by atoms with Gasteiger partial charge < -0.3 is 0 Å². The first-order valence-corrected chi connectivity index (χ1v) is 7.22. The highest BCUT2D eigenvalue weighted by Crippen LogP contribution is 2.43. The van der Waals surface area contributed by atoms with E-state index in [1.165, 1.54) is 5.56 Å². The number of benzene rings is 1. The van der Waals surface area contributed by atoms with Crippen LogP contribution in [0.1, 0.15) is 64.3 Å². The van der Waals surface area contributed by atoms with Crippen LogP contribution < -0.4 is 0 Å². The van der Waals surface area contributed by atoms with Crippen molar-refractivity contribution in [1.29, 1.82) is 0 Å². The third-order valence-corrected chi connectivity index (χ3v) is 4.10. The summed E-state index contributed by atoms with van der Waals surface area (Å²) in [6.07, 6.45) is 0. The zero-order chi connectivity index (χ0) is 13.5. The van der Waals surface area contributed by atoms with Crippen LogP contribution in [0, 0.1) is 5.92 Å². The van der Waals surface area contributed by atoms with Crippen molar-refractivity contribution in [3.8, 4) is 0 Å². The average molecular weight is 245 g/mol. The van der Waals surface area contributed by atoms with Gasteiger partial charge in [0.05, 0.1) is 0 Å². The smallest absolute Gasteiger partial charge is 0.0380 e. The SMILES string of the molecule is CCN1Cc2cccc(C(C)(C)C)c2C1C(C)C. The normalized spacial score (nSPS) is 20.5. The summed E-state index contributed by atoms with van der Waals surface area (Å²) in [5.74, 6) is 0.676. The topological polar surface area (TPSA) is 3.24 Å². The van der Waals surface area contributed by atoms with E-state index in [2.05, 4.69) is 64.6 Å². The Morgan fingerprint density at radius 2 is 1.94 bits per heavy atom. The van der Waals surface area contributed by atoms with Gasteiger partial charge in [-0.3, -0.25) is 4.90 Å². The van der Waals surface area contributed by atoms with Crippen LogP contribution >= 0.6 is 0 Å². The molecule has 1 aliphatic heterocycles. The van der Waals surface area contributed by atoms with Gasteiger partial charge in [0.15, 0.2) is 0 Å². The summed E-state index contributed by atoms with van der Waals surface area (Å²) in [5, 5.41) is 0. The van der Waals surface area contributed by atoms with Crippen molar-refractivity contribution in [3.05, 3.63) is 34.9 Å². The fraction of sp³-hybridized carbons (Fsp3) is 0.647. The minimum absolute atomic E-state index is 0.238. The summed E-state index contributed by atoms with van der Waals surface area (Å²) in [6.45, 7) is 16.2. The Hall–Kier alpha value is -0.820. The third-order valence-electron chi connectivity index (χ3n) is 4.10. The number of nitrogens with zero attached hydrogens (tertiary/aromatic N) is 1. The van der Waals surface area contributed by atoms with Crippen molar-refractivity contribution < 1.29 is 0 Å². The highest BCUT2D eigenvalue weighted by Gasteiger charge is 2.35. The van der Waals surface area contributed by atoms with Gasteiger partial charge in [0.2, 0.25) is 0 Å². The molecule has 0 spiro atoms. The maximum atomic E-state index is 2.62. The molecular weight excluding hydrogens is 218 g/mol. The average Bonchev–Trinajstić information content (AvgIpc) is 2.65. The Balaban J connectivity index is 2.56. The third kappa shape index (κ3) is 2.21. The molecule has 0 fully saturated rings. The predicted molar refractivity (Wildman–Crippen MR) is 78.8 cm³/mol. The first-order valence-electron chi connectivity index (χ1n) is 7.22. The molecular formula is C17H27N. The summed E-state index contributed by atoms with van der Waals surface area (Å²) in [4.78, 5) is 2.62. The lowest BCUT2D eigenvalue weighted by atomic mass is 9.79. The minimum Gasteiger partial charge on any atom is -0.292 e. The van der Waals surface area contributed by atoms with Crippen LogP contribution in [0.3, 0.4) is 0 Å². The van der Waals surface area contributed by atoms with Crippen molar-refractivity contribution in [3.63, 3.8) is 0 Å². The lowest BCUT2D eigenvalue weighted by Crippen LogP contribution is -2.27. The van der Waals surface area contributed by atoms with Gasteiger partial charge in [0, 0.05) is 12.6 Å². The Morgan fingerprint density at radius 1 is 1.28 bits per heavy atom.